The fourth-order valence-corrected chi connectivity index (χ4v) is 2.56. The fourth-order valence-electron chi connectivity index (χ4n) is 1.83. The Labute approximate surface area is 133 Å². The highest BCUT2D eigenvalue weighted by molar-refractivity contribution is 7.99. The molecule has 0 aliphatic carbocycles. The topological polar surface area (TPSA) is 90.5 Å². The molecule has 2 aromatic rings. The van der Waals surface area contributed by atoms with E-state index in [1.54, 1.807) is 15.6 Å². The molecule has 0 saturated heterocycles. The van der Waals surface area contributed by atoms with Crippen molar-refractivity contribution in [1.29, 1.82) is 0 Å². The number of aromatic nitrogens is 6. The maximum atomic E-state index is 11.9. The summed E-state index contributed by atoms with van der Waals surface area (Å²) >= 11 is 1.48. The van der Waals surface area contributed by atoms with Crippen molar-refractivity contribution < 1.29 is 4.79 Å². The average Bonchev–Trinajstić information content (AvgIpc) is 3.07. The molecule has 0 spiro atoms. The number of nitrogens with zero attached hydrogens (tertiary/aromatic N) is 6. The molecule has 0 radical (unpaired) electrons. The van der Waals surface area contributed by atoms with Gasteiger partial charge in [-0.1, -0.05) is 0 Å². The molecule has 2 rings (SSSR count). The van der Waals surface area contributed by atoms with Crippen molar-refractivity contribution in [3.05, 3.63) is 18.2 Å². The highest BCUT2D eigenvalue weighted by Crippen LogP contribution is 2.14. The third-order valence-electron chi connectivity index (χ3n) is 2.93. The van der Waals surface area contributed by atoms with Crippen LogP contribution in [0, 0.1) is 0 Å². The summed E-state index contributed by atoms with van der Waals surface area (Å²) in [6.45, 7) is 8.11. The Morgan fingerprint density at radius 2 is 2.09 bits per heavy atom. The number of nitrogens with one attached hydrogen (secondary N) is 1. The Balaban J connectivity index is 1.79. The third-order valence-corrected chi connectivity index (χ3v) is 3.86. The highest BCUT2D eigenvalue weighted by Gasteiger charge is 2.11. The first-order valence-corrected chi connectivity index (χ1v) is 8.31. The summed E-state index contributed by atoms with van der Waals surface area (Å²) in [7, 11) is 0. The van der Waals surface area contributed by atoms with E-state index in [9.17, 15) is 4.79 Å². The van der Waals surface area contributed by atoms with Gasteiger partial charge in [-0.15, -0.1) is 16.9 Å². The van der Waals surface area contributed by atoms with Gasteiger partial charge < -0.3 is 5.32 Å². The van der Waals surface area contributed by atoms with Gasteiger partial charge in [-0.25, -0.2) is 4.68 Å². The van der Waals surface area contributed by atoms with Crippen molar-refractivity contribution in [2.45, 2.75) is 45.5 Å². The zero-order valence-corrected chi connectivity index (χ0v) is 14.0. The first kappa shape index (κ1) is 16.5. The van der Waals surface area contributed by atoms with Gasteiger partial charge in [0.25, 0.3) is 0 Å². The summed E-state index contributed by atoms with van der Waals surface area (Å²) < 4.78 is 3.57. The van der Waals surface area contributed by atoms with Crippen molar-refractivity contribution in [2.24, 2.45) is 0 Å². The number of carbonyl (C=O) groups is 1. The lowest BCUT2D eigenvalue weighted by atomic mass is 10.4. The monoisotopic (exact) mass is 323 g/mol. The molecule has 0 fully saturated rings. The Morgan fingerprint density at radius 1 is 1.32 bits per heavy atom. The third kappa shape index (κ3) is 4.30. The van der Waals surface area contributed by atoms with E-state index in [0.717, 1.165) is 5.82 Å². The minimum absolute atomic E-state index is 0.0584. The zero-order chi connectivity index (χ0) is 16.1. The van der Waals surface area contributed by atoms with E-state index in [1.807, 2.05) is 33.9 Å². The van der Waals surface area contributed by atoms with Gasteiger partial charge in [-0.3, -0.25) is 9.48 Å². The van der Waals surface area contributed by atoms with E-state index in [1.165, 1.54) is 11.8 Å². The van der Waals surface area contributed by atoms with Gasteiger partial charge in [-0.05, 0) is 38.1 Å². The van der Waals surface area contributed by atoms with Crippen LogP contribution >= 0.6 is 11.8 Å². The maximum Gasteiger partial charge on any atom is 0.234 e. The van der Waals surface area contributed by atoms with Crippen LogP contribution in [0.3, 0.4) is 0 Å². The van der Waals surface area contributed by atoms with Gasteiger partial charge >= 0.3 is 0 Å². The van der Waals surface area contributed by atoms with Gasteiger partial charge in [-0.2, -0.15) is 5.10 Å². The van der Waals surface area contributed by atoms with Gasteiger partial charge in [0.2, 0.25) is 5.91 Å². The van der Waals surface area contributed by atoms with Crippen molar-refractivity contribution in [3.63, 3.8) is 0 Å². The molecule has 0 aromatic carbocycles. The van der Waals surface area contributed by atoms with E-state index in [-0.39, 0.29) is 18.0 Å². The molecule has 1 amide bonds. The molecule has 0 unspecified atom stereocenters. The largest absolute Gasteiger partial charge is 0.323 e. The summed E-state index contributed by atoms with van der Waals surface area (Å²) in [5.41, 5.74) is 0.714. The van der Waals surface area contributed by atoms with E-state index in [4.69, 9.17) is 0 Å². The second kappa shape index (κ2) is 7.39. The van der Waals surface area contributed by atoms with Crippen LogP contribution < -0.4 is 5.32 Å². The van der Waals surface area contributed by atoms with Crippen LogP contribution in [-0.4, -0.2) is 41.6 Å². The average molecular weight is 323 g/mol. The van der Waals surface area contributed by atoms with E-state index in [2.05, 4.69) is 25.9 Å². The van der Waals surface area contributed by atoms with Gasteiger partial charge in [0, 0.05) is 12.2 Å². The smallest absolute Gasteiger partial charge is 0.234 e. The van der Waals surface area contributed by atoms with Crippen LogP contribution in [-0.2, 0) is 10.5 Å². The van der Waals surface area contributed by atoms with Gasteiger partial charge in [0.15, 0.2) is 5.82 Å². The molecule has 22 heavy (non-hydrogen) atoms. The lowest BCUT2D eigenvalue weighted by Crippen LogP contribution is -2.14. The Hall–Kier alpha value is -1.90. The molecule has 0 saturated carbocycles. The Bertz CT molecular complexity index is 619. The minimum Gasteiger partial charge on any atom is -0.323 e. The molecule has 2 aromatic heterocycles. The molecule has 120 valence electrons. The predicted octanol–water partition coefficient (Wildman–Crippen LogP) is 1.90. The van der Waals surface area contributed by atoms with Crippen molar-refractivity contribution in [1.82, 2.24) is 30.0 Å². The maximum absolute atomic E-state index is 11.9. The van der Waals surface area contributed by atoms with Crippen LogP contribution in [0.2, 0.25) is 0 Å². The number of rotatable bonds is 7. The van der Waals surface area contributed by atoms with Crippen molar-refractivity contribution in [2.75, 3.05) is 11.1 Å². The standard InChI is InChI=1S/C13H21N7OS/c1-9(2)19-6-11(5-14-19)15-13(21)8-22-7-12-16-17-18-20(12)10(3)4/h5-6,9-10H,7-8H2,1-4H3,(H,15,21). The number of amides is 1. The summed E-state index contributed by atoms with van der Waals surface area (Å²) in [5, 5.41) is 18.6. The number of carbonyl (C=O) groups excluding carboxylic acids is 1. The summed E-state index contributed by atoms with van der Waals surface area (Å²) in [6, 6.07) is 0.483. The van der Waals surface area contributed by atoms with Crippen molar-refractivity contribution >= 4 is 23.4 Å². The first-order valence-electron chi connectivity index (χ1n) is 7.16. The first-order chi connectivity index (χ1) is 10.5. The second-order valence-corrected chi connectivity index (χ2v) is 6.46. The van der Waals surface area contributed by atoms with E-state index < -0.39 is 0 Å². The minimum atomic E-state index is -0.0584. The number of thioether (sulfide) groups is 1. The molecular formula is C13H21N7OS. The molecule has 2 heterocycles. The number of tetrazole rings is 1. The van der Waals surface area contributed by atoms with Crippen molar-refractivity contribution in [3.8, 4) is 0 Å². The Kier molecular flexibility index (Phi) is 5.53. The second-order valence-electron chi connectivity index (χ2n) is 5.48. The summed E-state index contributed by atoms with van der Waals surface area (Å²) in [4.78, 5) is 11.9. The van der Waals surface area contributed by atoms with Crippen LogP contribution in [0.4, 0.5) is 5.69 Å². The molecule has 8 nitrogen and oxygen atoms in total. The molecular weight excluding hydrogens is 302 g/mol. The molecule has 0 atom stereocenters. The number of hydrogen-bond acceptors (Lipinski definition) is 6. The van der Waals surface area contributed by atoms with Crippen LogP contribution in [0.15, 0.2) is 12.4 Å². The molecule has 0 aliphatic rings. The Morgan fingerprint density at radius 3 is 2.73 bits per heavy atom. The van der Waals surface area contributed by atoms with Crippen LogP contribution in [0.1, 0.15) is 45.6 Å². The molecule has 9 heteroatoms. The van der Waals surface area contributed by atoms with E-state index in [0.29, 0.717) is 17.2 Å². The summed E-state index contributed by atoms with van der Waals surface area (Å²) in [6.07, 6.45) is 3.48. The number of hydrogen-bond donors (Lipinski definition) is 1. The molecule has 0 aliphatic heterocycles. The molecule has 1 N–H and O–H groups in total. The predicted molar refractivity (Wildman–Crippen MR) is 85.6 cm³/mol. The van der Waals surface area contributed by atoms with Crippen LogP contribution in [0.5, 0.6) is 0 Å². The SMILES string of the molecule is CC(C)n1cc(NC(=O)CSCc2nnnn2C(C)C)cn1. The fraction of sp³-hybridized carbons (Fsp3) is 0.615. The van der Waals surface area contributed by atoms with E-state index >= 15 is 0 Å². The van der Waals surface area contributed by atoms with Gasteiger partial charge in [0.05, 0.1) is 29.4 Å². The van der Waals surface area contributed by atoms with Gasteiger partial charge in [0.1, 0.15) is 0 Å². The van der Waals surface area contributed by atoms with Crippen LogP contribution in [0.25, 0.3) is 0 Å². The number of anilines is 1. The quantitative estimate of drug-likeness (QED) is 0.837. The molecule has 0 bridgehead atoms. The lowest BCUT2D eigenvalue weighted by molar-refractivity contribution is -0.113. The lowest BCUT2D eigenvalue weighted by Gasteiger charge is -2.07. The normalized spacial score (nSPS) is 11.4. The zero-order valence-electron chi connectivity index (χ0n) is 13.2. The summed E-state index contributed by atoms with van der Waals surface area (Å²) in [5.74, 6) is 1.67. The highest BCUT2D eigenvalue weighted by atomic mass is 32.2.